The Hall–Kier alpha value is -2.54. The Morgan fingerprint density at radius 2 is 1.47 bits per heavy atom. The van der Waals surface area contributed by atoms with Crippen molar-refractivity contribution in [2.75, 3.05) is 0 Å². The van der Waals surface area contributed by atoms with E-state index in [9.17, 15) is 4.79 Å². The maximum atomic E-state index is 12.5. The third-order valence-electron chi connectivity index (χ3n) is 6.43. The summed E-state index contributed by atoms with van der Waals surface area (Å²) in [6.07, 6.45) is 14.8. The Morgan fingerprint density at radius 3 is 2.00 bits per heavy atom. The zero-order valence-corrected chi connectivity index (χ0v) is 20.4. The minimum absolute atomic E-state index is 0.370. The molecule has 0 saturated heterocycles. The van der Waals surface area contributed by atoms with Crippen molar-refractivity contribution in [3.63, 3.8) is 0 Å². The van der Waals surface area contributed by atoms with Gasteiger partial charge in [-0.25, -0.2) is 0 Å². The summed E-state index contributed by atoms with van der Waals surface area (Å²) < 4.78 is 2.34. The van der Waals surface area contributed by atoms with Crippen LogP contribution >= 0.6 is 0 Å². The highest BCUT2D eigenvalue weighted by Crippen LogP contribution is 2.34. The summed E-state index contributed by atoms with van der Waals surface area (Å²) in [7, 11) is 0. The van der Waals surface area contributed by atoms with E-state index in [0.717, 1.165) is 49.0 Å². The molecule has 0 aliphatic rings. The number of primary amides is 1. The van der Waals surface area contributed by atoms with Gasteiger partial charge in [-0.2, -0.15) is 5.26 Å². The van der Waals surface area contributed by atoms with E-state index in [2.05, 4.69) is 24.5 Å². The monoisotopic (exact) mass is 435 g/mol. The molecule has 2 aromatic rings. The third-order valence-corrected chi connectivity index (χ3v) is 6.43. The molecule has 0 spiro atoms. The van der Waals surface area contributed by atoms with Crippen molar-refractivity contribution in [3.05, 3.63) is 46.8 Å². The van der Waals surface area contributed by atoms with Crippen molar-refractivity contribution in [2.24, 2.45) is 5.73 Å². The normalized spacial score (nSPS) is 10.9. The van der Waals surface area contributed by atoms with Crippen LogP contribution in [0.3, 0.4) is 0 Å². The lowest BCUT2D eigenvalue weighted by Gasteiger charge is -2.13. The molecule has 2 N–H and O–H groups in total. The van der Waals surface area contributed by atoms with Gasteiger partial charge in [-0.15, -0.1) is 0 Å². The van der Waals surface area contributed by atoms with Gasteiger partial charge >= 0.3 is 0 Å². The molecule has 0 aliphatic carbocycles. The van der Waals surface area contributed by atoms with Crippen LogP contribution in [0.2, 0.25) is 0 Å². The molecule has 4 heteroatoms. The molecule has 0 fully saturated rings. The summed E-state index contributed by atoms with van der Waals surface area (Å²) in [6.45, 7) is 7.40. The number of nitriles is 1. The van der Waals surface area contributed by atoms with Gasteiger partial charge in [-0.1, -0.05) is 83.8 Å². The van der Waals surface area contributed by atoms with E-state index in [-0.39, 0.29) is 5.91 Å². The summed E-state index contributed by atoms with van der Waals surface area (Å²) in [5.41, 5.74) is 11.2. The number of carbonyl (C=O) groups is 1. The van der Waals surface area contributed by atoms with E-state index >= 15 is 0 Å². The first-order valence-electron chi connectivity index (χ1n) is 12.6. The van der Waals surface area contributed by atoms with Gasteiger partial charge in [0.25, 0.3) is 5.91 Å². The number of rotatable bonds is 15. The Balaban J connectivity index is 2.18. The first-order valence-corrected chi connectivity index (χ1v) is 12.6. The average Bonchev–Trinajstić information content (AvgIpc) is 3.08. The second-order valence-electron chi connectivity index (χ2n) is 8.92. The molecular weight excluding hydrogens is 394 g/mol. The molecule has 0 aliphatic heterocycles. The number of amides is 1. The topological polar surface area (TPSA) is 71.8 Å². The van der Waals surface area contributed by atoms with E-state index in [0.29, 0.717) is 11.1 Å². The molecule has 1 heterocycles. The van der Waals surface area contributed by atoms with Gasteiger partial charge in [-0.05, 0) is 43.9 Å². The van der Waals surface area contributed by atoms with Crippen LogP contribution in [-0.4, -0.2) is 10.5 Å². The van der Waals surface area contributed by atoms with E-state index in [1.165, 1.54) is 57.1 Å². The van der Waals surface area contributed by atoms with Crippen LogP contribution in [0.15, 0.2) is 24.3 Å². The predicted octanol–water partition coefficient (Wildman–Crippen LogP) is 7.31. The molecule has 174 valence electrons. The molecule has 4 nitrogen and oxygen atoms in total. The lowest BCUT2D eigenvalue weighted by molar-refractivity contribution is 0.1000. The summed E-state index contributed by atoms with van der Waals surface area (Å²) in [5, 5.41) is 9.15. The van der Waals surface area contributed by atoms with Crippen LogP contribution in [0.1, 0.15) is 112 Å². The molecule has 32 heavy (non-hydrogen) atoms. The number of aromatic nitrogens is 1. The Labute approximate surface area is 194 Å². The lowest BCUT2D eigenvalue weighted by Crippen LogP contribution is -2.13. The lowest BCUT2D eigenvalue weighted by atomic mass is 9.97. The summed E-state index contributed by atoms with van der Waals surface area (Å²) in [6, 6.07) is 9.69. The van der Waals surface area contributed by atoms with Gasteiger partial charge in [0, 0.05) is 23.5 Å². The number of nitrogens with zero attached hydrogens (tertiary/aromatic N) is 2. The van der Waals surface area contributed by atoms with E-state index in [1.807, 2.05) is 31.2 Å². The summed E-state index contributed by atoms with van der Waals surface area (Å²) in [5.74, 6) is -0.370. The Bertz CT molecular complexity index is 887. The van der Waals surface area contributed by atoms with Crippen LogP contribution in [0.25, 0.3) is 11.1 Å². The Kier molecular flexibility index (Phi) is 11.1. The van der Waals surface area contributed by atoms with Gasteiger partial charge in [0.1, 0.15) is 0 Å². The fourth-order valence-electron chi connectivity index (χ4n) is 4.61. The van der Waals surface area contributed by atoms with Gasteiger partial charge in [0.15, 0.2) is 0 Å². The van der Waals surface area contributed by atoms with E-state index < -0.39 is 0 Å². The number of hydrogen-bond acceptors (Lipinski definition) is 2. The maximum absolute atomic E-state index is 12.5. The van der Waals surface area contributed by atoms with Crippen LogP contribution in [-0.2, 0) is 13.0 Å². The van der Waals surface area contributed by atoms with Crippen molar-refractivity contribution in [1.29, 1.82) is 5.26 Å². The highest BCUT2D eigenvalue weighted by Gasteiger charge is 2.24. The highest BCUT2D eigenvalue weighted by atomic mass is 16.1. The minimum atomic E-state index is -0.370. The van der Waals surface area contributed by atoms with Crippen molar-refractivity contribution >= 4 is 5.91 Å². The molecule has 2 rings (SSSR count). The standard InChI is InChI=1S/C28H41N3O/c1-4-6-8-9-10-11-12-13-14-20-31-22(3)26(28(30)32)27(25(31)15-7-5-2)24-18-16-23(21-29)17-19-24/h16-19H,4-15,20H2,1-3H3,(H2,30,32). The van der Waals surface area contributed by atoms with Crippen LogP contribution in [0.5, 0.6) is 0 Å². The molecule has 0 unspecified atom stereocenters. The maximum Gasteiger partial charge on any atom is 0.251 e. The highest BCUT2D eigenvalue weighted by molar-refractivity contribution is 6.02. The smallest absolute Gasteiger partial charge is 0.251 e. The molecule has 1 aromatic heterocycles. The number of unbranched alkanes of at least 4 members (excludes halogenated alkanes) is 9. The second-order valence-corrected chi connectivity index (χ2v) is 8.92. The largest absolute Gasteiger partial charge is 0.366 e. The fraction of sp³-hybridized carbons (Fsp3) is 0.571. The van der Waals surface area contributed by atoms with Gasteiger partial charge in [0.2, 0.25) is 0 Å². The molecule has 0 atom stereocenters. The van der Waals surface area contributed by atoms with E-state index in [4.69, 9.17) is 11.0 Å². The van der Waals surface area contributed by atoms with Gasteiger partial charge < -0.3 is 10.3 Å². The molecule has 0 radical (unpaired) electrons. The van der Waals surface area contributed by atoms with Gasteiger partial charge in [-0.3, -0.25) is 4.79 Å². The molecule has 0 saturated carbocycles. The zero-order valence-electron chi connectivity index (χ0n) is 20.4. The van der Waals surface area contributed by atoms with E-state index in [1.54, 1.807) is 0 Å². The number of hydrogen-bond donors (Lipinski definition) is 1. The quantitative estimate of drug-likeness (QED) is 0.298. The second kappa shape index (κ2) is 13.8. The number of nitrogens with two attached hydrogens (primary N) is 1. The first kappa shape index (κ1) is 25.7. The van der Waals surface area contributed by atoms with Crippen molar-refractivity contribution < 1.29 is 4.79 Å². The SMILES string of the molecule is CCCCCCCCCCCn1c(C)c(C(N)=O)c(-c2ccc(C#N)cc2)c1CCCC. The van der Waals surface area contributed by atoms with Crippen molar-refractivity contribution in [3.8, 4) is 17.2 Å². The Morgan fingerprint density at radius 1 is 0.906 bits per heavy atom. The number of carbonyl (C=O) groups excluding carboxylic acids is 1. The fourth-order valence-corrected chi connectivity index (χ4v) is 4.61. The molecule has 1 aromatic carbocycles. The van der Waals surface area contributed by atoms with Crippen molar-refractivity contribution in [1.82, 2.24) is 4.57 Å². The van der Waals surface area contributed by atoms with Gasteiger partial charge in [0.05, 0.1) is 17.2 Å². The summed E-state index contributed by atoms with van der Waals surface area (Å²) in [4.78, 5) is 12.5. The average molecular weight is 436 g/mol. The number of benzene rings is 1. The zero-order chi connectivity index (χ0) is 23.3. The van der Waals surface area contributed by atoms with Crippen LogP contribution in [0.4, 0.5) is 0 Å². The van der Waals surface area contributed by atoms with Crippen molar-refractivity contribution in [2.45, 2.75) is 104 Å². The first-order chi connectivity index (χ1) is 15.5. The molecular formula is C28H41N3O. The molecule has 1 amide bonds. The van der Waals surface area contributed by atoms with Crippen LogP contribution < -0.4 is 5.73 Å². The predicted molar refractivity (Wildman–Crippen MR) is 134 cm³/mol. The minimum Gasteiger partial charge on any atom is -0.366 e. The van der Waals surface area contributed by atoms with Crippen LogP contribution in [0, 0.1) is 18.3 Å². The summed E-state index contributed by atoms with van der Waals surface area (Å²) >= 11 is 0. The molecule has 0 bridgehead atoms. The third kappa shape index (κ3) is 6.99.